The second kappa shape index (κ2) is 5.02. The van der Waals surface area contributed by atoms with E-state index in [9.17, 15) is 5.26 Å². The van der Waals surface area contributed by atoms with Gasteiger partial charge in [-0.15, -0.1) is 0 Å². The van der Waals surface area contributed by atoms with Crippen LogP contribution in [0.2, 0.25) is 0 Å². The summed E-state index contributed by atoms with van der Waals surface area (Å²) in [6, 6.07) is 14.9. The molecule has 100 valence electrons. The van der Waals surface area contributed by atoms with Crippen LogP contribution >= 0.6 is 0 Å². The number of para-hydroxylation sites is 1. The van der Waals surface area contributed by atoms with Crippen LogP contribution in [0, 0.1) is 25.2 Å². The summed E-state index contributed by atoms with van der Waals surface area (Å²) >= 11 is 0. The van der Waals surface area contributed by atoms with Gasteiger partial charge >= 0.3 is 0 Å². The van der Waals surface area contributed by atoms with Crippen LogP contribution in [0.1, 0.15) is 28.7 Å². The maximum atomic E-state index is 9.39. The fourth-order valence-electron chi connectivity index (χ4n) is 3.07. The third-order valence-corrected chi connectivity index (χ3v) is 3.98. The Morgan fingerprint density at radius 1 is 1.15 bits per heavy atom. The van der Waals surface area contributed by atoms with Crippen LogP contribution in [0.15, 0.2) is 36.4 Å². The predicted molar refractivity (Wildman–Crippen MR) is 82.4 cm³/mol. The van der Waals surface area contributed by atoms with Gasteiger partial charge in [-0.1, -0.05) is 29.8 Å². The summed E-state index contributed by atoms with van der Waals surface area (Å²) in [4.78, 5) is 2.31. The molecule has 2 aromatic carbocycles. The highest BCUT2D eigenvalue weighted by Gasteiger charge is 2.21. The fraction of sp³-hybridized carbons (Fsp3) is 0.278. The Labute approximate surface area is 120 Å². The first-order chi connectivity index (χ1) is 9.70. The molecule has 1 aliphatic heterocycles. The number of fused-ring (bicyclic) bond motifs is 1. The lowest BCUT2D eigenvalue weighted by Crippen LogP contribution is -2.26. The molecular formula is C18H18N2. The van der Waals surface area contributed by atoms with Crippen LogP contribution in [0.25, 0.3) is 0 Å². The lowest BCUT2D eigenvalue weighted by molar-refractivity contribution is 0.764. The van der Waals surface area contributed by atoms with Crippen molar-refractivity contribution in [3.05, 3.63) is 58.7 Å². The Kier molecular flexibility index (Phi) is 3.20. The minimum atomic E-state index is 0.762. The molecule has 0 radical (unpaired) electrons. The van der Waals surface area contributed by atoms with Gasteiger partial charge in [-0.2, -0.15) is 5.26 Å². The second-order valence-corrected chi connectivity index (χ2v) is 5.47. The lowest BCUT2D eigenvalue weighted by atomic mass is 9.97. The van der Waals surface area contributed by atoms with Gasteiger partial charge in [-0.25, -0.2) is 0 Å². The molecule has 2 nitrogen and oxygen atoms in total. The largest absolute Gasteiger partial charge is 0.340 e. The Bertz CT molecular complexity index is 695. The number of nitrogens with zero attached hydrogens (tertiary/aromatic N) is 2. The van der Waals surface area contributed by atoms with Gasteiger partial charge in [0.15, 0.2) is 0 Å². The standard InChI is InChI=1S/C18H18N2/c1-13-8-9-17-15(11-13)7-4-10-20(17)18-14(2)5-3-6-16(18)12-19/h3,5-6,8-9,11H,4,7,10H2,1-2H3. The van der Waals surface area contributed by atoms with Crippen molar-refractivity contribution in [1.82, 2.24) is 0 Å². The lowest BCUT2D eigenvalue weighted by Gasteiger charge is -2.33. The number of nitriles is 1. The van der Waals surface area contributed by atoms with Crippen molar-refractivity contribution in [2.45, 2.75) is 26.7 Å². The van der Waals surface area contributed by atoms with Gasteiger partial charge < -0.3 is 4.90 Å². The average Bonchev–Trinajstić information content (AvgIpc) is 2.46. The quantitative estimate of drug-likeness (QED) is 0.767. The van der Waals surface area contributed by atoms with E-state index in [4.69, 9.17) is 0 Å². The van der Waals surface area contributed by atoms with Crippen molar-refractivity contribution in [3.8, 4) is 6.07 Å². The normalized spacial score (nSPS) is 13.8. The maximum absolute atomic E-state index is 9.39. The van der Waals surface area contributed by atoms with Crippen LogP contribution < -0.4 is 4.90 Å². The van der Waals surface area contributed by atoms with Crippen molar-refractivity contribution in [1.29, 1.82) is 5.26 Å². The Hall–Kier alpha value is -2.27. The highest BCUT2D eigenvalue weighted by atomic mass is 15.1. The molecule has 0 saturated carbocycles. The summed E-state index contributed by atoms with van der Waals surface area (Å²) < 4.78 is 0. The highest BCUT2D eigenvalue weighted by molar-refractivity contribution is 5.75. The first kappa shape index (κ1) is 12.7. The van der Waals surface area contributed by atoms with E-state index in [0.717, 1.165) is 36.2 Å². The molecule has 0 N–H and O–H groups in total. The number of hydrogen-bond donors (Lipinski definition) is 0. The van der Waals surface area contributed by atoms with Gasteiger partial charge in [-0.3, -0.25) is 0 Å². The molecule has 1 heterocycles. The van der Waals surface area contributed by atoms with Gasteiger partial charge in [0.25, 0.3) is 0 Å². The van der Waals surface area contributed by atoms with Crippen molar-refractivity contribution < 1.29 is 0 Å². The molecule has 3 rings (SSSR count). The number of aryl methyl sites for hydroxylation is 3. The molecule has 2 aromatic rings. The third-order valence-electron chi connectivity index (χ3n) is 3.98. The third kappa shape index (κ3) is 2.06. The molecule has 0 fully saturated rings. The van der Waals surface area contributed by atoms with Gasteiger partial charge in [0.05, 0.1) is 11.3 Å². The van der Waals surface area contributed by atoms with E-state index in [-0.39, 0.29) is 0 Å². The van der Waals surface area contributed by atoms with Crippen molar-refractivity contribution in [2.24, 2.45) is 0 Å². The molecule has 0 amide bonds. The molecule has 0 saturated heterocycles. The van der Waals surface area contributed by atoms with Crippen LogP contribution in [-0.4, -0.2) is 6.54 Å². The summed E-state index contributed by atoms with van der Waals surface area (Å²) in [5.74, 6) is 0. The van der Waals surface area contributed by atoms with Crippen LogP contribution in [0.3, 0.4) is 0 Å². The Morgan fingerprint density at radius 3 is 2.80 bits per heavy atom. The fourth-order valence-corrected chi connectivity index (χ4v) is 3.07. The topological polar surface area (TPSA) is 27.0 Å². The first-order valence-electron chi connectivity index (χ1n) is 7.07. The molecule has 20 heavy (non-hydrogen) atoms. The van der Waals surface area contributed by atoms with E-state index in [0.29, 0.717) is 0 Å². The molecule has 0 unspecified atom stereocenters. The summed E-state index contributed by atoms with van der Waals surface area (Å²) in [7, 11) is 0. The average molecular weight is 262 g/mol. The van der Waals surface area contributed by atoms with Gasteiger partial charge in [0, 0.05) is 12.2 Å². The van der Waals surface area contributed by atoms with Crippen LogP contribution in [0.5, 0.6) is 0 Å². The molecule has 0 atom stereocenters. The molecular weight excluding hydrogens is 244 g/mol. The van der Waals surface area contributed by atoms with Gasteiger partial charge in [0.2, 0.25) is 0 Å². The molecule has 2 heteroatoms. The zero-order valence-corrected chi connectivity index (χ0v) is 12.0. The number of benzene rings is 2. The van der Waals surface area contributed by atoms with Crippen LogP contribution in [0.4, 0.5) is 11.4 Å². The summed E-state index contributed by atoms with van der Waals surface area (Å²) in [6.45, 7) is 5.20. The molecule has 0 bridgehead atoms. The Balaban J connectivity index is 2.17. The highest BCUT2D eigenvalue weighted by Crippen LogP contribution is 2.37. The van der Waals surface area contributed by atoms with Crippen molar-refractivity contribution in [2.75, 3.05) is 11.4 Å². The number of hydrogen-bond acceptors (Lipinski definition) is 2. The number of rotatable bonds is 1. The van der Waals surface area contributed by atoms with Crippen LogP contribution in [-0.2, 0) is 6.42 Å². The monoisotopic (exact) mass is 262 g/mol. The van der Waals surface area contributed by atoms with Crippen molar-refractivity contribution >= 4 is 11.4 Å². The van der Waals surface area contributed by atoms with Crippen molar-refractivity contribution in [3.63, 3.8) is 0 Å². The van der Waals surface area contributed by atoms with E-state index >= 15 is 0 Å². The van der Waals surface area contributed by atoms with E-state index in [1.54, 1.807) is 0 Å². The van der Waals surface area contributed by atoms with Gasteiger partial charge in [0.1, 0.15) is 6.07 Å². The second-order valence-electron chi connectivity index (χ2n) is 5.47. The molecule has 0 aromatic heterocycles. The Morgan fingerprint density at radius 2 is 2.00 bits per heavy atom. The summed E-state index contributed by atoms with van der Waals surface area (Å²) in [5, 5.41) is 9.39. The zero-order chi connectivity index (χ0) is 14.1. The maximum Gasteiger partial charge on any atom is 0.101 e. The van der Waals surface area contributed by atoms with E-state index in [1.165, 1.54) is 16.8 Å². The first-order valence-corrected chi connectivity index (χ1v) is 7.07. The predicted octanol–water partition coefficient (Wildman–Crippen LogP) is 4.26. The molecule has 1 aliphatic rings. The number of anilines is 2. The summed E-state index contributed by atoms with van der Waals surface area (Å²) in [6.07, 6.45) is 2.26. The molecule has 0 spiro atoms. The van der Waals surface area contributed by atoms with E-state index in [2.05, 4.69) is 49.1 Å². The van der Waals surface area contributed by atoms with Gasteiger partial charge in [-0.05, 0) is 49.9 Å². The zero-order valence-electron chi connectivity index (χ0n) is 12.0. The SMILES string of the molecule is Cc1ccc2c(c1)CCCN2c1c(C)cccc1C#N. The summed E-state index contributed by atoms with van der Waals surface area (Å²) in [5.41, 5.74) is 6.95. The smallest absolute Gasteiger partial charge is 0.101 e. The van der Waals surface area contributed by atoms with E-state index in [1.807, 2.05) is 12.1 Å². The van der Waals surface area contributed by atoms with E-state index < -0.39 is 0 Å². The minimum Gasteiger partial charge on any atom is -0.340 e. The molecule has 0 aliphatic carbocycles. The minimum absolute atomic E-state index is 0.762.